The summed E-state index contributed by atoms with van der Waals surface area (Å²) in [5.41, 5.74) is 0.327. The van der Waals surface area contributed by atoms with Crippen molar-refractivity contribution in [2.75, 3.05) is 0 Å². The zero-order valence-corrected chi connectivity index (χ0v) is 7.27. The van der Waals surface area contributed by atoms with Gasteiger partial charge in [-0.3, -0.25) is 0 Å². The van der Waals surface area contributed by atoms with Gasteiger partial charge in [-0.1, -0.05) is 13.0 Å². The summed E-state index contributed by atoms with van der Waals surface area (Å²) in [5.74, 6) is -1.22. The molecule has 13 heavy (non-hydrogen) atoms. The molecule has 0 bridgehead atoms. The molecule has 0 radical (unpaired) electrons. The molecule has 0 saturated heterocycles. The molecule has 0 N–H and O–H groups in total. The van der Waals surface area contributed by atoms with E-state index in [1.165, 1.54) is 12.1 Å². The summed E-state index contributed by atoms with van der Waals surface area (Å²) in [5, 5.41) is 8.35. The number of rotatable bonds is 2. The van der Waals surface area contributed by atoms with E-state index in [1.54, 1.807) is 13.0 Å². The van der Waals surface area contributed by atoms with Gasteiger partial charge in [0.15, 0.2) is 0 Å². The highest BCUT2D eigenvalue weighted by Crippen LogP contribution is 2.17. The van der Waals surface area contributed by atoms with Crippen LogP contribution in [0.5, 0.6) is 0 Å². The minimum absolute atomic E-state index is 0.123. The van der Waals surface area contributed by atoms with Crippen LogP contribution in [-0.2, 0) is 12.8 Å². The molecule has 0 unspecified atom stereocenters. The lowest BCUT2D eigenvalue weighted by molar-refractivity contribution is 0.554. The van der Waals surface area contributed by atoms with Crippen LogP contribution >= 0.6 is 0 Å². The molecular weight excluding hydrogens is 172 g/mol. The van der Waals surface area contributed by atoms with Gasteiger partial charge in [-0.2, -0.15) is 5.26 Å². The van der Waals surface area contributed by atoms with Gasteiger partial charge in [0.25, 0.3) is 0 Å². The Balaban J connectivity index is 3.23. The molecule has 0 atom stereocenters. The van der Waals surface area contributed by atoms with Crippen molar-refractivity contribution in [2.24, 2.45) is 0 Å². The first-order chi connectivity index (χ1) is 6.20. The van der Waals surface area contributed by atoms with E-state index in [4.69, 9.17) is 5.26 Å². The number of aryl methyl sites for hydroxylation is 1. The quantitative estimate of drug-likeness (QED) is 0.687. The Morgan fingerprint density at radius 3 is 2.62 bits per heavy atom. The predicted molar refractivity (Wildman–Crippen MR) is 45.1 cm³/mol. The normalized spacial score (nSPS) is 9.69. The molecule has 68 valence electrons. The van der Waals surface area contributed by atoms with E-state index in [0.717, 1.165) is 0 Å². The van der Waals surface area contributed by atoms with Crippen LogP contribution in [0.4, 0.5) is 8.78 Å². The molecule has 3 heteroatoms. The first kappa shape index (κ1) is 9.66. The van der Waals surface area contributed by atoms with Gasteiger partial charge in [0.2, 0.25) is 0 Å². The topological polar surface area (TPSA) is 23.8 Å². The Kier molecular flexibility index (Phi) is 2.97. The minimum atomic E-state index is -0.642. The number of nitrogens with zero attached hydrogens (tertiary/aromatic N) is 1. The Labute approximate surface area is 75.6 Å². The highest BCUT2D eigenvalue weighted by molar-refractivity contribution is 5.29. The zero-order valence-electron chi connectivity index (χ0n) is 7.27. The van der Waals surface area contributed by atoms with Gasteiger partial charge in [0, 0.05) is 5.56 Å². The molecule has 1 nitrogen and oxygen atoms in total. The Morgan fingerprint density at radius 1 is 1.38 bits per heavy atom. The minimum Gasteiger partial charge on any atom is -0.207 e. The van der Waals surface area contributed by atoms with Crippen LogP contribution in [0.25, 0.3) is 0 Å². The Morgan fingerprint density at radius 2 is 2.08 bits per heavy atom. The third-order valence-corrected chi connectivity index (χ3v) is 1.90. The van der Waals surface area contributed by atoms with Crippen molar-refractivity contribution >= 4 is 0 Å². The Hall–Kier alpha value is -1.43. The van der Waals surface area contributed by atoms with Crippen LogP contribution < -0.4 is 0 Å². The van der Waals surface area contributed by atoms with Crippen molar-refractivity contribution in [1.29, 1.82) is 5.26 Å². The Bertz CT molecular complexity index is 353. The molecule has 0 spiro atoms. The van der Waals surface area contributed by atoms with Gasteiger partial charge < -0.3 is 0 Å². The van der Waals surface area contributed by atoms with Crippen LogP contribution in [0, 0.1) is 23.0 Å². The maximum Gasteiger partial charge on any atom is 0.133 e. The molecule has 0 saturated carbocycles. The number of halogens is 2. The number of hydrogen-bond donors (Lipinski definition) is 0. The van der Waals surface area contributed by atoms with E-state index in [2.05, 4.69) is 0 Å². The molecule has 1 aromatic rings. The SMILES string of the molecule is CCc1ccc(F)c(CC#N)c1F. The second kappa shape index (κ2) is 3.99. The van der Waals surface area contributed by atoms with E-state index in [9.17, 15) is 8.78 Å². The predicted octanol–water partition coefficient (Wildman–Crippen LogP) is 2.59. The van der Waals surface area contributed by atoms with Crippen molar-refractivity contribution in [3.8, 4) is 6.07 Å². The summed E-state index contributed by atoms with van der Waals surface area (Å²) < 4.78 is 26.3. The van der Waals surface area contributed by atoms with Gasteiger partial charge in [0.1, 0.15) is 11.6 Å². The first-order valence-corrected chi connectivity index (χ1v) is 4.03. The van der Waals surface area contributed by atoms with Crippen molar-refractivity contribution in [3.63, 3.8) is 0 Å². The molecule has 0 amide bonds. The van der Waals surface area contributed by atoms with Crippen LogP contribution in [0.2, 0.25) is 0 Å². The zero-order chi connectivity index (χ0) is 9.84. The van der Waals surface area contributed by atoms with Crippen LogP contribution in [0.3, 0.4) is 0 Å². The van der Waals surface area contributed by atoms with Gasteiger partial charge in [-0.15, -0.1) is 0 Å². The average Bonchev–Trinajstić information content (AvgIpc) is 2.12. The summed E-state index contributed by atoms with van der Waals surface area (Å²) in [6, 6.07) is 4.35. The fraction of sp³-hybridized carbons (Fsp3) is 0.300. The second-order valence-electron chi connectivity index (χ2n) is 2.69. The highest BCUT2D eigenvalue weighted by Gasteiger charge is 2.11. The van der Waals surface area contributed by atoms with E-state index < -0.39 is 11.6 Å². The summed E-state index contributed by atoms with van der Waals surface area (Å²) in [4.78, 5) is 0. The average molecular weight is 181 g/mol. The molecule has 0 aromatic heterocycles. The third-order valence-electron chi connectivity index (χ3n) is 1.90. The van der Waals surface area contributed by atoms with Gasteiger partial charge >= 0.3 is 0 Å². The molecule has 0 aliphatic carbocycles. The lowest BCUT2D eigenvalue weighted by Crippen LogP contribution is -1.98. The lowest BCUT2D eigenvalue weighted by Gasteiger charge is -2.04. The molecule has 1 rings (SSSR count). The smallest absolute Gasteiger partial charge is 0.133 e. The highest BCUT2D eigenvalue weighted by atomic mass is 19.1. The fourth-order valence-electron chi connectivity index (χ4n) is 1.16. The molecule has 0 aliphatic heterocycles. The number of benzene rings is 1. The molecule has 0 fully saturated rings. The van der Waals surface area contributed by atoms with Gasteiger partial charge in [-0.05, 0) is 18.1 Å². The summed E-state index contributed by atoms with van der Waals surface area (Å²) in [6.07, 6.45) is 0.288. The van der Waals surface area contributed by atoms with Gasteiger partial charge in [-0.25, -0.2) is 8.78 Å². The molecule has 0 heterocycles. The first-order valence-electron chi connectivity index (χ1n) is 4.03. The summed E-state index contributed by atoms with van der Waals surface area (Å²) in [7, 11) is 0. The van der Waals surface area contributed by atoms with Crippen molar-refractivity contribution < 1.29 is 8.78 Å². The second-order valence-corrected chi connectivity index (χ2v) is 2.69. The molecule has 1 aromatic carbocycles. The van der Waals surface area contributed by atoms with Crippen LogP contribution in [0.1, 0.15) is 18.1 Å². The summed E-state index contributed by atoms with van der Waals surface area (Å²) in [6.45, 7) is 1.78. The largest absolute Gasteiger partial charge is 0.207 e. The number of nitriles is 1. The van der Waals surface area contributed by atoms with E-state index in [0.29, 0.717) is 12.0 Å². The van der Waals surface area contributed by atoms with Crippen LogP contribution in [0.15, 0.2) is 12.1 Å². The maximum absolute atomic E-state index is 13.3. The summed E-state index contributed by atoms with van der Waals surface area (Å²) >= 11 is 0. The molecular formula is C10H9F2N. The van der Waals surface area contributed by atoms with Crippen molar-refractivity contribution in [2.45, 2.75) is 19.8 Å². The van der Waals surface area contributed by atoms with Gasteiger partial charge in [0.05, 0.1) is 12.5 Å². The van der Waals surface area contributed by atoms with Crippen LogP contribution in [-0.4, -0.2) is 0 Å². The molecule has 0 aliphatic rings. The standard InChI is InChI=1S/C10H9F2N/c1-2-7-3-4-9(11)8(5-6-13)10(7)12/h3-4H,2,5H2,1H3. The third kappa shape index (κ3) is 1.83. The van der Waals surface area contributed by atoms with E-state index >= 15 is 0 Å². The lowest BCUT2D eigenvalue weighted by atomic mass is 10.1. The monoisotopic (exact) mass is 181 g/mol. The van der Waals surface area contributed by atoms with E-state index in [1.807, 2.05) is 0 Å². The van der Waals surface area contributed by atoms with Crippen molar-refractivity contribution in [1.82, 2.24) is 0 Å². The fourth-order valence-corrected chi connectivity index (χ4v) is 1.16. The van der Waals surface area contributed by atoms with E-state index in [-0.39, 0.29) is 12.0 Å². The van der Waals surface area contributed by atoms with Crippen molar-refractivity contribution in [3.05, 3.63) is 34.9 Å². The maximum atomic E-state index is 13.3. The number of hydrogen-bond acceptors (Lipinski definition) is 1.